The Morgan fingerprint density at radius 1 is 0.810 bits per heavy atom. The van der Waals surface area contributed by atoms with E-state index in [2.05, 4.69) is 40.7 Å². The van der Waals surface area contributed by atoms with Gasteiger partial charge in [-0.2, -0.15) is 5.10 Å². The first kappa shape index (κ1) is 43.0. The molecule has 0 N–H and O–H groups in total. The summed E-state index contributed by atoms with van der Waals surface area (Å²) in [5.74, 6) is 1.24. The molecule has 0 radical (unpaired) electrons. The molecule has 2 saturated heterocycles. The maximum Gasteiger partial charge on any atom is 0.410 e. The van der Waals surface area contributed by atoms with Crippen molar-refractivity contribution in [2.45, 2.75) is 99.8 Å². The number of hydrogen-bond acceptors (Lipinski definition) is 7. The zero-order valence-electron chi connectivity index (χ0n) is 36.4. The molecule has 0 bridgehead atoms. The summed E-state index contributed by atoms with van der Waals surface area (Å²) in [7, 11) is 1.95. The van der Waals surface area contributed by atoms with Crippen LogP contribution >= 0.6 is 11.6 Å². The van der Waals surface area contributed by atoms with Crippen molar-refractivity contribution in [1.29, 1.82) is 0 Å². The predicted octanol–water partition coefficient (Wildman–Crippen LogP) is 10.3. The van der Waals surface area contributed by atoms with Crippen LogP contribution in [-0.4, -0.2) is 86.7 Å². The van der Waals surface area contributed by atoms with E-state index >= 15 is 0 Å². The lowest BCUT2D eigenvalue weighted by Gasteiger charge is -2.26. The van der Waals surface area contributed by atoms with Crippen LogP contribution < -0.4 is 4.74 Å². The fourth-order valence-electron chi connectivity index (χ4n) is 8.64. The number of halogens is 1. The number of hydrogen-bond donors (Lipinski definition) is 0. The number of rotatable bonds is 10. The molecule has 312 valence electrons. The van der Waals surface area contributed by atoms with Gasteiger partial charge in [-0.25, -0.2) is 9.59 Å². The van der Waals surface area contributed by atoms with Gasteiger partial charge >= 0.3 is 12.1 Å². The Balaban J connectivity index is 0.00000279. The number of carbonyl (C=O) groups excluding carboxylic acids is 2. The number of amides is 1. The lowest BCUT2D eigenvalue weighted by Crippen LogP contribution is -2.38. The SMILES string of the molecule is CC.Cc1nn(C)c(C)c1-c1c(Cl)ccc2c(CCCOc3cccc4ccccc34)c(C(=O)OC(C)(C)C)n(CCN3CC4CN(C(=O)OC(C)(C)C)CC4C3)c12. The number of aryl methyl sites for hydroxylation is 3. The van der Waals surface area contributed by atoms with E-state index in [1.54, 1.807) is 0 Å². The number of likely N-dealkylation sites (tertiary alicyclic amines) is 2. The summed E-state index contributed by atoms with van der Waals surface area (Å²) >= 11 is 7.18. The van der Waals surface area contributed by atoms with Crippen molar-refractivity contribution in [2.75, 3.05) is 39.3 Å². The van der Waals surface area contributed by atoms with E-state index in [0.717, 1.165) is 75.1 Å². The summed E-state index contributed by atoms with van der Waals surface area (Å²) in [4.78, 5) is 31.7. The van der Waals surface area contributed by atoms with Crippen molar-refractivity contribution in [3.05, 3.63) is 82.3 Å². The van der Waals surface area contributed by atoms with Gasteiger partial charge in [0.05, 0.1) is 22.8 Å². The molecule has 0 saturated carbocycles. The monoisotopic (exact) mass is 811 g/mol. The molecule has 1 amide bonds. The molecule has 2 atom stereocenters. The summed E-state index contributed by atoms with van der Waals surface area (Å²) in [6.07, 6.45) is 1.05. The smallest absolute Gasteiger partial charge is 0.410 e. The molecule has 11 heteroatoms. The van der Waals surface area contributed by atoms with E-state index in [1.807, 2.05) is 109 Å². The lowest BCUT2D eigenvalue weighted by molar-refractivity contribution is 0.00559. The van der Waals surface area contributed by atoms with Gasteiger partial charge in [0.1, 0.15) is 22.6 Å². The van der Waals surface area contributed by atoms with Gasteiger partial charge in [-0.05, 0) is 103 Å². The van der Waals surface area contributed by atoms with E-state index in [4.69, 9.17) is 30.9 Å². The van der Waals surface area contributed by atoms with Crippen LogP contribution in [0, 0.1) is 25.7 Å². The largest absolute Gasteiger partial charge is 0.493 e. The fourth-order valence-corrected chi connectivity index (χ4v) is 8.89. The van der Waals surface area contributed by atoms with Gasteiger partial charge in [0, 0.05) is 73.9 Å². The second kappa shape index (κ2) is 17.4. The van der Waals surface area contributed by atoms with Crippen molar-refractivity contribution >= 4 is 45.3 Å². The Labute approximate surface area is 349 Å². The second-order valence-electron chi connectivity index (χ2n) is 17.6. The van der Waals surface area contributed by atoms with Crippen molar-refractivity contribution in [3.63, 3.8) is 0 Å². The number of fused-ring (bicyclic) bond motifs is 3. The van der Waals surface area contributed by atoms with Crippen molar-refractivity contribution < 1.29 is 23.8 Å². The maximum atomic E-state index is 14.5. The van der Waals surface area contributed by atoms with Crippen LogP contribution in [0.25, 0.3) is 32.8 Å². The summed E-state index contributed by atoms with van der Waals surface area (Å²) in [6, 6.07) is 18.3. The molecule has 0 aliphatic carbocycles. The van der Waals surface area contributed by atoms with Gasteiger partial charge in [0.15, 0.2) is 0 Å². The summed E-state index contributed by atoms with van der Waals surface area (Å²) in [5.41, 5.74) is 4.90. The molecule has 2 fully saturated rings. The third-order valence-electron chi connectivity index (χ3n) is 11.1. The molecule has 2 aliphatic rings. The fraction of sp³-hybridized carbons (Fsp3) is 0.511. The van der Waals surface area contributed by atoms with E-state index in [-0.39, 0.29) is 12.1 Å². The molecular weight excluding hydrogens is 750 g/mol. The van der Waals surface area contributed by atoms with Crippen LogP contribution in [-0.2, 0) is 29.5 Å². The molecule has 2 unspecified atom stereocenters. The average molecular weight is 812 g/mol. The standard InChI is InChI=1S/C45H56ClN5O5.C2H6/c1-28-38(29(2)48(9)47-28)39-36(46)20-19-35-34(17-13-23-54-37-18-12-15-30-14-10-11-16-33(30)37)41(42(52)55-44(3,4)5)51(40(35)39)22-21-49-24-31-26-50(27-32(31)25-49)43(53)56-45(6,7)8;1-2/h10-12,14-16,18-20,31-32H,13,17,21-27H2,1-9H3;1-2H3. The summed E-state index contributed by atoms with van der Waals surface area (Å²) in [5, 5.41) is 8.55. The van der Waals surface area contributed by atoms with Crippen LogP contribution in [0.3, 0.4) is 0 Å². The van der Waals surface area contributed by atoms with Crippen LogP contribution in [0.4, 0.5) is 4.79 Å². The first-order chi connectivity index (χ1) is 27.5. The highest BCUT2D eigenvalue weighted by molar-refractivity contribution is 6.35. The maximum absolute atomic E-state index is 14.5. The molecule has 4 heterocycles. The molecule has 7 rings (SSSR count). The normalized spacial score (nSPS) is 17.1. The van der Waals surface area contributed by atoms with Gasteiger partial charge in [-0.15, -0.1) is 0 Å². The molecule has 2 aliphatic heterocycles. The third kappa shape index (κ3) is 9.18. The first-order valence-corrected chi connectivity index (χ1v) is 21.2. The minimum absolute atomic E-state index is 0.236. The Bertz CT molecular complexity index is 2260. The number of aromatic nitrogens is 3. The highest BCUT2D eigenvalue weighted by Gasteiger charge is 2.43. The summed E-state index contributed by atoms with van der Waals surface area (Å²) in [6.45, 7) is 24.4. The number of ether oxygens (including phenoxy) is 3. The zero-order valence-corrected chi connectivity index (χ0v) is 37.1. The quantitative estimate of drug-likeness (QED) is 0.102. The molecule has 58 heavy (non-hydrogen) atoms. The number of esters is 1. The predicted molar refractivity (Wildman–Crippen MR) is 234 cm³/mol. The van der Waals surface area contributed by atoms with Crippen molar-refractivity contribution in [2.24, 2.45) is 18.9 Å². The van der Waals surface area contributed by atoms with Crippen LogP contribution in [0.5, 0.6) is 5.75 Å². The molecule has 2 aromatic heterocycles. The molecule has 3 aromatic carbocycles. The minimum atomic E-state index is -0.698. The Kier molecular flexibility index (Phi) is 12.9. The van der Waals surface area contributed by atoms with Gasteiger partial charge in [-0.3, -0.25) is 4.68 Å². The highest BCUT2D eigenvalue weighted by atomic mass is 35.5. The number of nitrogens with zero attached hydrogens (tertiary/aromatic N) is 5. The summed E-state index contributed by atoms with van der Waals surface area (Å²) < 4.78 is 22.3. The van der Waals surface area contributed by atoms with Crippen LogP contribution in [0.1, 0.15) is 89.3 Å². The molecule has 0 spiro atoms. The zero-order chi connectivity index (χ0) is 42.1. The Morgan fingerprint density at radius 3 is 2.10 bits per heavy atom. The first-order valence-electron chi connectivity index (χ1n) is 20.9. The molecular formula is C47H62ClN5O5. The lowest BCUT2D eigenvalue weighted by atomic mass is 9.98. The van der Waals surface area contributed by atoms with Gasteiger partial charge in [0.25, 0.3) is 0 Å². The highest BCUT2D eigenvalue weighted by Crippen LogP contribution is 2.43. The third-order valence-corrected chi connectivity index (χ3v) is 11.4. The molecule has 5 aromatic rings. The number of carbonyl (C=O) groups is 2. The van der Waals surface area contributed by atoms with Gasteiger partial charge in [0.2, 0.25) is 0 Å². The van der Waals surface area contributed by atoms with E-state index < -0.39 is 11.2 Å². The van der Waals surface area contributed by atoms with Gasteiger partial charge in [-0.1, -0.05) is 67.9 Å². The van der Waals surface area contributed by atoms with Crippen LogP contribution in [0.2, 0.25) is 5.02 Å². The van der Waals surface area contributed by atoms with Crippen molar-refractivity contribution in [1.82, 2.24) is 24.1 Å². The Morgan fingerprint density at radius 2 is 1.47 bits per heavy atom. The number of benzene rings is 3. The topological polar surface area (TPSA) is 91.1 Å². The van der Waals surface area contributed by atoms with Crippen molar-refractivity contribution in [3.8, 4) is 16.9 Å². The average Bonchev–Trinajstić information content (AvgIpc) is 3.88. The van der Waals surface area contributed by atoms with E-state index in [0.29, 0.717) is 61.6 Å². The van der Waals surface area contributed by atoms with E-state index in [1.165, 1.54) is 0 Å². The van der Waals surface area contributed by atoms with E-state index in [9.17, 15) is 9.59 Å². The van der Waals surface area contributed by atoms with Gasteiger partial charge < -0.3 is 28.6 Å². The van der Waals surface area contributed by atoms with Crippen LogP contribution in [0.15, 0.2) is 54.6 Å². The minimum Gasteiger partial charge on any atom is -0.493 e. The Hall–Kier alpha value is -4.54. The molecule has 10 nitrogen and oxygen atoms in total. The second-order valence-corrected chi connectivity index (χ2v) is 18.0.